The van der Waals surface area contributed by atoms with Crippen molar-refractivity contribution in [3.8, 4) is 0 Å². The van der Waals surface area contributed by atoms with Crippen LogP contribution in [-0.2, 0) is 9.47 Å². The molecule has 0 aromatic rings. The molecule has 14 heavy (non-hydrogen) atoms. The second-order valence-corrected chi connectivity index (χ2v) is 2.02. The van der Waals surface area contributed by atoms with Gasteiger partial charge in [-0.15, -0.1) is 0 Å². The minimum atomic E-state index is -5.92. The first-order chi connectivity index (χ1) is 6.25. The van der Waals surface area contributed by atoms with Gasteiger partial charge in [0.1, 0.15) is 0 Å². The molecule has 0 spiro atoms. The van der Waals surface area contributed by atoms with Crippen LogP contribution in [0.4, 0.5) is 30.7 Å². The van der Waals surface area contributed by atoms with Gasteiger partial charge in [-0.05, 0) is 0 Å². The van der Waals surface area contributed by atoms with Gasteiger partial charge in [-0.1, -0.05) is 0 Å². The van der Waals surface area contributed by atoms with E-state index in [4.69, 9.17) is 0 Å². The summed E-state index contributed by atoms with van der Waals surface area (Å²) in [6.45, 7) is -3.13. The summed E-state index contributed by atoms with van der Waals surface area (Å²) in [5, 5.41) is 0. The van der Waals surface area contributed by atoms with Crippen molar-refractivity contribution in [1.29, 1.82) is 0 Å². The lowest BCUT2D eigenvalue weighted by molar-refractivity contribution is -0.385. The Morgan fingerprint density at radius 1 is 1.07 bits per heavy atom. The minimum Gasteiger partial charge on any atom is -0.324 e. The highest BCUT2D eigenvalue weighted by Crippen LogP contribution is 2.39. The van der Waals surface area contributed by atoms with E-state index in [-0.39, 0.29) is 0 Å². The lowest BCUT2D eigenvalue weighted by atomic mass is 10.3. The van der Waals surface area contributed by atoms with Gasteiger partial charge in [0, 0.05) is 0 Å². The highest BCUT2D eigenvalue weighted by Gasteiger charge is 2.64. The molecule has 0 saturated heterocycles. The van der Waals surface area contributed by atoms with Crippen molar-refractivity contribution in [1.82, 2.24) is 0 Å². The van der Waals surface area contributed by atoms with Crippen molar-refractivity contribution < 1.29 is 40.2 Å². The van der Waals surface area contributed by atoms with E-state index in [1.165, 1.54) is 0 Å². The largest absolute Gasteiger partial charge is 0.454 e. The second kappa shape index (κ2) is 4.78. The molecule has 0 aliphatic heterocycles. The third-order valence-corrected chi connectivity index (χ3v) is 1.10. The monoisotopic (exact) mass is 230 g/mol. The average Bonchev–Trinajstić information content (AvgIpc) is 2.02. The first-order valence-corrected chi connectivity index (χ1v) is 3.07. The topological polar surface area (TPSA) is 18.5 Å². The van der Waals surface area contributed by atoms with Gasteiger partial charge in [0.2, 0.25) is 0 Å². The summed E-state index contributed by atoms with van der Waals surface area (Å²) in [6.07, 6.45) is -10.4. The fourth-order valence-corrected chi connectivity index (χ4v) is 0.427. The Balaban J connectivity index is 4.42. The summed E-state index contributed by atoms with van der Waals surface area (Å²) in [7, 11) is 0. The van der Waals surface area contributed by atoms with Gasteiger partial charge in [-0.2, -0.15) is 17.6 Å². The molecule has 0 bridgehead atoms. The molecule has 0 heterocycles. The molecule has 1 unspecified atom stereocenters. The zero-order chi connectivity index (χ0) is 11.4. The summed E-state index contributed by atoms with van der Waals surface area (Å²) in [4.78, 5) is 0. The Morgan fingerprint density at radius 2 is 1.57 bits per heavy atom. The number of alkyl halides is 7. The van der Waals surface area contributed by atoms with Crippen LogP contribution in [-0.4, -0.2) is 32.1 Å². The van der Waals surface area contributed by atoms with Gasteiger partial charge in [-0.25, -0.2) is 13.2 Å². The Bertz CT molecular complexity index is 170. The minimum absolute atomic E-state index is 1.56. The van der Waals surface area contributed by atoms with E-state index >= 15 is 0 Å². The lowest BCUT2D eigenvalue weighted by Gasteiger charge is -2.26. The van der Waals surface area contributed by atoms with Crippen LogP contribution in [0.25, 0.3) is 0 Å². The molecular formula is C5H5F7O2. The Morgan fingerprint density at radius 3 is 1.86 bits per heavy atom. The molecule has 0 amide bonds. The van der Waals surface area contributed by atoms with E-state index in [0.29, 0.717) is 0 Å². The van der Waals surface area contributed by atoms with Crippen molar-refractivity contribution in [2.45, 2.75) is 18.5 Å². The van der Waals surface area contributed by atoms with Crippen LogP contribution in [0.2, 0.25) is 0 Å². The van der Waals surface area contributed by atoms with E-state index in [2.05, 4.69) is 9.47 Å². The predicted molar refractivity (Wildman–Crippen MR) is 28.9 cm³/mol. The Labute approximate surface area is 73.6 Å². The summed E-state index contributed by atoms with van der Waals surface area (Å²) >= 11 is 0. The molecule has 1 atom stereocenters. The fraction of sp³-hybridized carbons (Fsp3) is 1.00. The fourth-order valence-electron chi connectivity index (χ4n) is 0.427. The van der Waals surface area contributed by atoms with E-state index in [0.717, 1.165) is 0 Å². The van der Waals surface area contributed by atoms with Gasteiger partial charge in [0.15, 0.2) is 13.7 Å². The van der Waals surface area contributed by atoms with Crippen molar-refractivity contribution in [2.24, 2.45) is 0 Å². The van der Waals surface area contributed by atoms with Crippen molar-refractivity contribution >= 4 is 0 Å². The maximum atomic E-state index is 12.4. The van der Waals surface area contributed by atoms with E-state index < -0.39 is 32.1 Å². The number of halogens is 7. The number of hydrogen-bond acceptors (Lipinski definition) is 2. The molecule has 0 rings (SSSR count). The first kappa shape index (κ1) is 13.4. The molecule has 0 radical (unpaired) electrons. The van der Waals surface area contributed by atoms with Gasteiger partial charge in [0.25, 0.3) is 0 Å². The SMILES string of the molecule is FCOCOC(F)(C(F)F)C(F)(F)F. The average molecular weight is 230 g/mol. The zero-order valence-corrected chi connectivity index (χ0v) is 6.45. The van der Waals surface area contributed by atoms with Crippen LogP contribution in [0.15, 0.2) is 0 Å². The highest BCUT2D eigenvalue weighted by molar-refractivity contribution is 4.79. The van der Waals surface area contributed by atoms with Crippen molar-refractivity contribution in [3.05, 3.63) is 0 Å². The predicted octanol–water partition coefficient (Wildman–Crippen LogP) is 2.40. The summed E-state index contributed by atoms with van der Waals surface area (Å²) in [5.74, 6) is -5.14. The maximum absolute atomic E-state index is 12.4. The smallest absolute Gasteiger partial charge is 0.324 e. The summed E-state index contributed by atoms with van der Waals surface area (Å²) in [6, 6.07) is 0. The molecule has 0 aliphatic carbocycles. The maximum Gasteiger partial charge on any atom is 0.454 e. The van der Waals surface area contributed by atoms with Gasteiger partial charge >= 0.3 is 18.5 Å². The molecule has 0 fully saturated rings. The Kier molecular flexibility index (Phi) is 4.59. The van der Waals surface area contributed by atoms with E-state index in [1.807, 2.05) is 0 Å². The molecule has 0 saturated carbocycles. The van der Waals surface area contributed by atoms with Crippen LogP contribution in [0.5, 0.6) is 0 Å². The molecule has 86 valence electrons. The van der Waals surface area contributed by atoms with Crippen LogP contribution >= 0.6 is 0 Å². The van der Waals surface area contributed by atoms with Crippen LogP contribution in [0.3, 0.4) is 0 Å². The van der Waals surface area contributed by atoms with E-state index in [9.17, 15) is 30.7 Å². The molecule has 0 aromatic carbocycles. The Hall–Kier alpha value is -0.570. The second-order valence-electron chi connectivity index (χ2n) is 2.02. The summed E-state index contributed by atoms with van der Waals surface area (Å²) in [5.41, 5.74) is 0. The van der Waals surface area contributed by atoms with E-state index in [1.54, 1.807) is 0 Å². The number of hydrogen-bond donors (Lipinski definition) is 0. The standard InChI is InChI=1S/C5H5F7O2/c6-1-13-2-14-4(9,3(7)8)5(10,11)12/h3H,1-2H2. The van der Waals surface area contributed by atoms with Crippen molar-refractivity contribution in [3.63, 3.8) is 0 Å². The molecule has 0 aromatic heterocycles. The normalized spacial score (nSPS) is 17.1. The van der Waals surface area contributed by atoms with Gasteiger partial charge in [-0.3, -0.25) is 0 Å². The molecular weight excluding hydrogens is 225 g/mol. The highest BCUT2D eigenvalue weighted by atomic mass is 19.4. The van der Waals surface area contributed by atoms with Crippen molar-refractivity contribution in [2.75, 3.05) is 13.7 Å². The van der Waals surface area contributed by atoms with Gasteiger partial charge in [0.05, 0.1) is 0 Å². The number of ether oxygens (including phenoxy) is 2. The number of rotatable bonds is 5. The third-order valence-electron chi connectivity index (χ3n) is 1.10. The first-order valence-electron chi connectivity index (χ1n) is 3.07. The molecule has 2 nitrogen and oxygen atoms in total. The van der Waals surface area contributed by atoms with Crippen LogP contribution in [0.1, 0.15) is 0 Å². The molecule has 9 heteroatoms. The van der Waals surface area contributed by atoms with Gasteiger partial charge < -0.3 is 9.47 Å². The third kappa shape index (κ3) is 2.98. The van der Waals surface area contributed by atoms with Crippen LogP contribution < -0.4 is 0 Å². The molecule has 0 N–H and O–H groups in total. The molecule has 0 aliphatic rings. The zero-order valence-electron chi connectivity index (χ0n) is 6.45. The summed E-state index contributed by atoms with van der Waals surface area (Å²) < 4.78 is 88.5. The lowest BCUT2D eigenvalue weighted by Crippen LogP contribution is -2.50. The quantitative estimate of drug-likeness (QED) is 0.410. The van der Waals surface area contributed by atoms with Crippen LogP contribution in [0, 0.1) is 0 Å².